The number of rotatable bonds is 5. The Morgan fingerprint density at radius 2 is 2.05 bits per heavy atom. The lowest BCUT2D eigenvalue weighted by molar-refractivity contribution is -0.139. The predicted octanol–water partition coefficient (Wildman–Crippen LogP) is 2.26. The molecule has 106 valence electrons. The van der Waals surface area contributed by atoms with E-state index in [0.717, 1.165) is 6.07 Å². The molecule has 1 rings (SSSR count). The summed E-state index contributed by atoms with van der Waals surface area (Å²) in [7, 11) is 0. The SMILES string of the molecule is Cc1ccc(NCC(O)CC(=O)O)cc1C(F)(F)F. The molecule has 19 heavy (non-hydrogen) atoms. The number of aliphatic hydroxyl groups excluding tert-OH is 1. The molecule has 0 aliphatic heterocycles. The van der Waals surface area contributed by atoms with Crippen LogP contribution in [0.1, 0.15) is 17.5 Å². The molecule has 0 aliphatic rings. The van der Waals surface area contributed by atoms with Gasteiger partial charge in [0.1, 0.15) is 0 Å². The van der Waals surface area contributed by atoms with Crippen LogP contribution >= 0.6 is 0 Å². The Morgan fingerprint density at radius 3 is 2.58 bits per heavy atom. The topological polar surface area (TPSA) is 69.6 Å². The van der Waals surface area contributed by atoms with Gasteiger partial charge in [0.05, 0.1) is 18.1 Å². The highest BCUT2D eigenvalue weighted by molar-refractivity contribution is 5.67. The molecular weight excluding hydrogens is 263 g/mol. The number of nitrogens with one attached hydrogen (secondary N) is 1. The summed E-state index contributed by atoms with van der Waals surface area (Å²) in [4.78, 5) is 10.3. The van der Waals surface area contributed by atoms with E-state index in [0.29, 0.717) is 0 Å². The zero-order chi connectivity index (χ0) is 14.6. The lowest BCUT2D eigenvalue weighted by Gasteiger charge is -2.14. The van der Waals surface area contributed by atoms with Crippen LogP contribution in [0.4, 0.5) is 18.9 Å². The van der Waals surface area contributed by atoms with Crippen LogP contribution in [0.5, 0.6) is 0 Å². The third kappa shape index (κ3) is 4.78. The van der Waals surface area contributed by atoms with Crippen molar-refractivity contribution in [2.24, 2.45) is 0 Å². The zero-order valence-electron chi connectivity index (χ0n) is 10.2. The molecule has 0 bridgehead atoms. The monoisotopic (exact) mass is 277 g/mol. The van der Waals surface area contributed by atoms with Crippen LogP contribution < -0.4 is 5.32 Å². The molecule has 7 heteroatoms. The second kappa shape index (κ2) is 5.92. The highest BCUT2D eigenvalue weighted by atomic mass is 19.4. The highest BCUT2D eigenvalue weighted by Crippen LogP contribution is 2.33. The fourth-order valence-corrected chi connectivity index (χ4v) is 1.55. The van der Waals surface area contributed by atoms with Crippen LogP contribution in [0.2, 0.25) is 0 Å². The number of carbonyl (C=O) groups is 1. The number of carboxylic acid groups (broad SMARTS) is 1. The molecule has 0 fully saturated rings. The molecule has 0 spiro atoms. The fraction of sp³-hybridized carbons (Fsp3) is 0.417. The first-order valence-electron chi connectivity index (χ1n) is 5.51. The van der Waals surface area contributed by atoms with Crippen molar-refractivity contribution < 1.29 is 28.2 Å². The minimum absolute atomic E-state index is 0.101. The molecule has 4 nitrogen and oxygen atoms in total. The Balaban J connectivity index is 2.73. The van der Waals surface area contributed by atoms with Gasteiger partial charge in [0.25, 0.3) is 0 Å². The molecule has 3 N–H and O–H groups in total. The van der Waals surface area contributed by atoms with Crippen LogP contribution in [0.25, 0.3) is 0 Å². The van der Waals surface area contributed by atoms with Gasteiger partial charge in [-0.05, 0) is 24.6 Å². The second-order valence-corrected chi connectivity index (χ2v) is 4.16. The van der Waals surface area contributed by atoms with Crippen molar-refractivity contribution in [3.05, 3.63) is 29.3 Å². The van der Waals surface area contributed by atoms with Crippen molar-refractivity contribution in [3.8, 4) is 0 Å². The Kier molecular flexibility index (Phi) is 4.77. The molecule has 0 radical (unpaired) electrons. The van der Waals surface area contributed by atoms with Crippen molar-refractivity contribution in [2.75, 3.05) is 11.9 Å². The van der Waals surface area contributed by atoms with E-state index in [9.17, 15) is 23.1 Å². The van der Waals surface area contributed by atoms with Crippen LogP contribution in [-0.2, 0) is 11.0 Å². The predicted molar refractivity (Wildman–Crippen MR) is 62.9 cm³/mol. The molecule has 0 heterocycles. The summed E-state index contributed by atoms with van der Waals surface area (Å²) in [6.07, 6.45) is -6.07. The first-order valence-corrected chi connectivity index (χ1v) is 5.51. The van der Waals surface area contributed by atoms with Gasteiger partial charge in [0.15, 0.2) is 0 Å². The number of aliphatic hydroxyl groups is 1. The smallest absolute Gasteiger partial charge is 0.416 e. The van der Waals surface area contributed by atoms with Gasteiger partial charge < -0.3 is 15.5 Å². The molecule has 0 amide bonds. The molecule has 0 aromatic heterocycles. The summed E-state index contributed by atoms with van der Waals surface area (Å²) >= 11 is 0. The molecule has 1 atom stereocenters. The standard InChI is InChI=1S/C12H14F3NO3/c1-7-2-3-8(4-10(7)12(13,14)15)16-6-9(17)5-11(18)19/h2-4,9,16-17H,5-6H2,1H3,(H,18,19). The summed E-state index contributed by atoms with van der Waals surface area (Å²) in [5, 5.41) is 20.3. The van der Waals surface area contributed by atoms with E-state index in [1.165, 1.54) is 19.1 Å². The van der Waals surface area contributed by atoms with Gasteiger partial charge in [-0.15, -0.1) is 0 Å². The first kappa shape index (κ1) is 15.3. The average molecular weight is 277 g/mol. The maximum Gasteiger partial charge on any atom is 0.416 e. The Morgan fingerprint density at radius 1 is 1.42 bits per heavy atom. The third-order valence-electron chi connectivity index (χ3n) is 2.50. The van der Waals surface area contributed by atoms with Crippen molar-refractivity contribution in [2.45, 2.75) is 25.6 Å². The van der Waals surface area contributed by atoms with Gasteiger partial charge in [-0.25, -0.2) is 0 Å². The van der Waals surface area contributed by atoms with E-state index < -0.39 is 30.2 Å². The van der Waals surface area contributed by atoms with Gasteiger partial charge in [0, 0.05) is 12.2 Å². The molecule has 0 aliphatic carbocycles. The van der Waals surface area contributed by atoms with E-state index in [1.54, 1.807) is 0 Å². The number of aryl methyl sites for hydroxylation is 1. The van der Waals surface area contributed by atoms with Crippen molar-refractivity contribution in [1.82, 2.24) is 0 Å². The maximum atomic E-state index is 12.6. The summed E-state index contributed by atoms with van der Waals surface area (Å²) in [5.41, 5.74) is -0.475. The van der Waals surface area contributed by atoms with E-state index in [2.05, 4.69) is 5.32 Å². The maximum absolute atomic E-state index is 12.6. The van der Waals surface area contributed by atoms with Crippen molar-refractivity contribution in [1.29, 1.82) is 0 Å². The van der Waals surface area contributed by atoms with Crippen LogP contribution in [-0.4, -0.2) is 28.8 Å². The average Bonchev–Trinajstić information content (AvgIpc) is 2.25. The Hall–Kier alpha value is -1.76. The van der Waals surface area contributed by atoms with Gasteiger partial charge in [0.2, 0.25) is 0 Å². The van der Waals surface area contributed by atoms with Crippen LogP contribution in [0, 0.1) is 6.92 Å². The third-order valence-corrected chi connectivity index (χ3v) is 2.50. The molecule has 0 saturated heterocycles. The van der Waals surface area contributed by atoms with Crippen LogP contribution in [0.3, 0.4) is 0 Å². The number of carboxylic acids is 1. The molecule has 1 unspecified atom stereocenters. The number of anilines is 1. The van der Waals surface area contributed by atoms with Gasteiger partial charge >= 0.3 is 12.1 Å². The van der Waals surface area contributed by atoms with E-state index >= 15 is 0 Å². The highest BCUT2D eigenvalue weighted by Gasteiger charge is 2.32. The fourth-order valence-electron chi connectivity index (χ4n) is 1.55. The minimum Gasteiger partial charge on any atom is -0.481 e. The normalized spacial score (nSPS) is 13.1. The molecule has 1 aromatic rings. The summed E-state index contributed by atoms with van der Waals surface area (Å²) < 4.78 is 37.9. The molecule has 0 saturated carbocycles. The lowest BCUT2D eigenvalue weighted by Crippen LogP contribution is -2.22. The van der Waals surface area contributed by atoms with Crippen LogP contribution in [0.15, 0.2) is 18.2 Å². The van der Waals surface area contributed by atoms with Crippen molar-refractivity contribution in [3.63, 3.8) is 0 Å². The number of halogens is 3. The molecule has 1 aromatic carbocycles. The molecular formula is C12H14F3NO3. The summed E-state index contributed by atoms with van der Waals surface area (Å²) in [6.45, 7) is 1.22. The quantitative estimate of drug-likeness (QED) is 0.772. The van der Waals surface area contributed by atoms with Crippen molar-refractivity contribution >= 4 is 11.7 Å². The number of benzene rings is 1. The number of alkyl halides is 3. The number of hydrogen-bond donors (Lipinski definition) is 3. The van der Waals surface area contributed by atoms with Gasteiger partial charge in [-0.3, -0.25) is 4.79 Å². The number of aliphatic carboxylic acids is 1. The van der Waals surface area contributed by atoms with E-state index in [-0.39, 0.29) is 17.8 Å². The second-order valence-electron chi connectivity index (χ2n) is 4.16. The summed E-state index contributed by atoms with van der Waals surface area (Å²) in [6, 6.07) is 3.69. The van der Waals surface area contributed by atoms with E-state index in [4.69, 9.17) is 5.11 Å². The lowest BCUT2D eigenvalue weighted by atomic mass is 10.1. The van der Waals surface area contributed by atoms with Gasteiger partial charge in [-0.2, -0.15) is 13.2 Å². The summed E-state index contributed by atoms with van der Waals surface area (Å²) in [5.74, 6) is -1.17. The Labute approximate surface area is 107 Å². The largest absolute Gasteiger partial charge is 0.481 e. The Bertz CT molecular complexity index is 460. The van der Waals surface area contributed by atoms with Gasteiger partial charge in [-0.1, -0.05) is 6.07 Å². The number of hydrogen-bond acceptors (Lipinski definition) is 3. The first-order chi connectivity index (χ1) is 8.70. The minimum atomic E-state index is -4.44. The zero-order valence-corrected chi connectivity index (χ0v) is 10.2. The van der Waals surface area contributed by atoms with E-state index in [1.807, 2.05) is 0 Å².